The molecule has 3 heterocycles. The van der Waals surface area contributed by atoms with E-state index in [0.29, 0.717) is 6.54 Å². The molecule has 5 nitrogen and oxygen atoms in total. The van der Waals surface area contributed by atoms with Crippen molar-refractivity contribution < 1.29 is 5.11 Å². The Labute approximate surface area is 122 Å². The minimum Gasteiger partial charge on any atom is -0.386 e. The van der Waals surface area contributed by atoms with Gasteiger partial charge in [-0.2, -0.15) is 0 Å². The van der Waals surface area contributed by atoms with Crippen molar-refractivity contribution in [2.75, 3.05) is 37.6 Å². The van der Waals surface area contributed by atoms with Crippen molar-refractivity contribution in [2.45, 2.75) is 6.10 Å². The predicted octanol–water partition coefficient (Wildman–Crippen LogP) is 1.39. The monoisotopic (exact) mass is 290 g/mol. The third kappa shape index (κ3) is 3.15. The van der Waals surface area contributed by atoms with Crippen LogP contribution in [0.5, 0.6) is 0 Å². The zero-order valence-electron chi connectivity index (χ0n) is 11.2. The molecular formula is C14H18N4OS. The van der Waals surface area contributed by atoms with E-state index in [1.54, 1.807) is 23.7 Å². The van der Waals surface area contributed by atoms with Crippen molar-refractivity contribution in [1.29, 1.82) is 0 Å². The summed E-state index contributed by atoms with van der Waals surface area (Å²) in [4.78, 5) is 14.1. The summed E-state index contributed by atoms with van der Waals surface area (Å²) in [6.45, 7) is 4.37. The first-order valence-corrected chi connectivity index (χ1v) is 7.66. The Morgan fingerprint density at radius 3 is 2.55 bits per heavy atom. The van der Waals surface area contributed by atoms with Gasteiger partial charge in [-0.1, -0.05) is 6.07 Å². The first kappa shape index (κ1) is 13.5. The highest BCUT2D eigenvalue weighted by atomic mass is 32.1. The molecule has 6 heteroatoms. The van der Waals surface area contributed by atoms with Crippen LogP contribution in [-0.2, 0) is 0 Å². The van der Waals surface area contributed by atoms with Crippen LogP contribution in [0.25, 0.3) is 0 Å². The highest BCUT2D eigenvalue weighted by molar-refractivity contribution is 7.10. The van der Waals surface area contributed by atoms with Gasteiger partial charge in [0.25, 0.3) is 0 Å². The molecule has 1 aliphatic heterocycles. The minimum atomic E-state index is -0.380. The number of hydrogen-bond donors (Lipinski definition) is 1. The van der Waals surface area contributed by atoms with E-state index < -0.39 is 0 Å². The number of β-amino-alcohol motifs (C(OH)–C–C–N with tert-alkyl or cyclic N) is 1. The number of aliphatic hydroxyl groups is 1. The van der Waals surface area contributed by atoms with Gasteiger partial charge in [-0.3, -0.25) is 4.90 Å². The molecule has 2 aromatic rings. The van der Waals surface area contributed by atoms with Crippen molar-refractivity contribution in [3.05, 3.63) is 40.8 Å². The molecule has 1 fully saturated rings. The van der Waals surface area contributed by atoms with E-state index >= 15 is 0 Å². The first-order chi connectivity index (χ1) is 9.83. The van der Waals surface area contributed by atoms with Crippen molar-refractivity contribution in [3.63, 3.8) is 0 Å². The van der Waals surface area contributed by atoms with E-state index in [9.17, 15) is 5.11 Å². The maximum atomic E-state index is 10.2. The summed E-state index contributed by atoms with van der Waals surface area (Å²) in [6, 6.07) is 5.80. The molecule has 1 N–H and O–H groups in total. The van der Waals surface area contributed by atoms with Gasteiger partial charge in [0.05, 0.1) is 0 Å². The zero-order chi connectivity index (χ0) is 13.8. The second kappa shape index (κ2) is 6.30. The number of aromatic nitrogens is 2. The third-order valence-electron chi connectivity index (χ3n) is 3.51. The van der Waals surface area contributed by atoms with Crippen LogP contribution in [-0.4, -0.2) is 52.7 Å². The molecule has 20 heavy (non-hydrogen) atoms. The SMILES string of the molecule is OC(CN1CCN(c2ncccn2)CC1)c1cccs1. The molecule has 0 bridgehead atoms. The third-order valence-corrected chi connectivity index (χ3v) is 4.48. The van der Waals surface area contributed by atoms with Gasteiger partial charge in [0.15, 0.2) is 0 Å². The average Bonchev–Trinajstić information content (AvgIpc) is 3.03. The van der Waals surface area contributed by atoms with Crippen LogP contribution in [0.3, 0.4) is 0 Å². The molecule has 0 spiro atoms. The number of nitrogens with zero attached hydrogens (tertiary/aromatic N) is 4. The molecule has 1 atom stereocenters. The molecule has 0 saturated carbocycles. The van der Waals surface area contributed by atoms with E-state index in [-0.39, 0.29) is 6.10 Å². The van der Waals surface area contributed by atoms with Gasteiger partial charge >= 0.3 is 0 Å². The number of hydrogen-bond acceptors (Lipinski definition) is 6. The molecule has 0 radical (unpaired) electrons. The lowest BCUT2D eigenvalue weighted by atomic mass is 10.2. The van der Waals surface area contributed by atoms with Crippen molar-refractivity contribution in [3.8, 4) is 0 Å². The largest absolute Gasteiger partial charge is 0.386 e. The molecule has 3 rings (SSSR count). The highest BCUT2D eigenvalue weighted by Gasteiger charge is 2.21. The molecule has 1 unspecified atom stereocenters. The lowest BCUT2D eigenvalue weighted by Gasteiger charge is -2.35. The first-order valence-electron chi connectivity index (χ1n) is 6.79. The molecule has 0 amide bonds. The smallest absolute Gasteiger partial charge is 0.225 e. The molecule has 2 aromatic heterocycles. The van der Waals surface area contributed by atoms with Gasteiger partial charge in [0, 0.05) is 50.0 Å². The fourth-order valence-electron chi connectivity index (χ4n) is 2.40. The zero-order valence-corrected chi connectivity index (χ0v) is 12.0. The number of piperazine rings is 1. The summed E-state index contributed by atoms with van der Waals surface area (Å²) in [5.74, 6) is 0.797. The van der Waals surface area contributed by atoms with Crippen molar-refractivity contribution in [2.24, 2.45) is 0 Å². The van der Waals surface area contributed by atoms with Gasteiger partial charge in [-0.05, 0) is 17.5 Å². The van der Waals surface area contributed by atoms with Crippen LogP contribution < -0.4 is 4.90 Å². The van der Waals surface area contributed by atoms with Crippen LogP contribution in [0, 0.1) is 0 Å². The highest BCUT2D eigenvalue weighted by Crippen LogP contribution is 2.20. The quantitative estimate of drug-likeness (QED) is 0.922. The summed E-state index contributed by atoms with van der Waals surface area (Å²) in [7, 11) is 0. The molecular weight excluding hydrogens is 272 g/mol. The number of thiophene rings is 1. The Hall–Kier alpha value is -1.50. The van der Waals surface area contributed by atoms with Gasteiger partial charge < -0.3 is 10.0 Å². The van der Waals surface area contributed by atoms with Crippen LogP contribution in [0.1, 0.15) is 11.0 Å². The lowest BCUT2D eigenvalue weighted by molar-refractivity contribution is 0.112. The maximum absolute atomic E-state index is 10.2. The fourth-order valence-corrected chi connectivity index (χ4v) is 3.10. The molecule has 0 aliphatic carbocycles. The van der Waals surface area contributed by atoms with Gasteiger partial charge in [0.2, 0.25) is 5.95 Å². The summed E-state index contributed by atoms with van der Waals surface area (Å²) in [5, 5.41) is 12.2. The van der Waals surface area contributed by atoms with E-state index in [1.807, 2.05) is 23.6 Å². The minimum absolute atomic E-state index is 0.380. The Morgan fingerprint density at radius 1 is 1.15 bits per heavy atom. The Kier molecular flexibility index (Phi) is 4.25. The van der Waals surface area contributed by atoms with E-state index in [0.717, 1.165) is 37.0 Å². The summed E-state index contributed by atoms with van der Waals surface area (Å²) in [5.41, 5.74) is 0. The lowest BCUT2D eigenvalue weighted by Crippen LogP contribution is -2.48. The molecule has 1 saturated heterocycles. The fraction of sp³-hybridized carbons (Fsp3) is 0.429. The topological polar surface area (TPSA) is 52.5 Å². The van der Waals surface area contributed by atoms with Gasteiger partial charge in [0.1, 0.15) is 6.10 Å². The number of aliphatic hydroxyl groups excluding tert-OH is 1. The predicted molar refractivity (Wildman–Crippen MR) is 80.0 cm³/mol. The average molecular weight is 290 g/mol. The molecule has 106 valence electrons. The van der Waals surface area contributed by atoms with Gasteiger partial charge in [-0.15, -0.1) is 11.3 Å². The Bertz CT molecular complexity index is 511. The summed E-state index contributed by atoms with van der Waals surface area (Å²) in [6.07, 6.45) is 3.17. The standard InChI is InChI=1S/C14H18N4OS/c19-12(13-3-1-10-20-13)11-17-6-8-18(9-7-17)14-15-4-2-5-16-14/h1-5,10,12,19H,6-9,11H2. The van der Waals surface area contributed by atoms with Crippen LogP contribution >= 0.6 is 11.3 Å². The van der Waals surface area contributed by atoms with Crippen LogP contribution in [0.2, 0.25) is 0 Å². The summed E-state index contributed by atoms with van der Waals surface area (Å²) < 4.78 is 0. The van der Waals surface area contributed by atoms with Crippen molar-refractivity contribution >= 4 is 17.3 Å². The second-order valence-electron chi connectivity index (χ2n) is 4.87. The second-order valence-corrected chi connectivity index (χ2v) is 5.85. The Morgan fingerprint density at radius 2 is 1.90 bits per heavy atom. The van der Waals surface area contributed by atoms with E-state index in [2.05, 4.69) is 19.8 Å². The number of rotatable bonds is 4. The van der Waals surface area contributed by atoms with Gasteiger partial charge in [-0.25, -0.2) is 9.97 Å². The number of anilines is 1. The van der Waals surface area contributed by atoms with E-state index in [4.69, 9.17) is 0 Å². The maximum Gasteiger partial charge on any atom is 0.225 e. The van der Waals surface area contributed by atoms with E-state index in [1.165, 1.54) is 0 Å². The van der Waals surface area contributed by atoms with Crippen LogP contribution in [0.4, 0.5) is 5.95 Å². The molecule has 0 aromatic carbocycles. The summed E-state index contributed by atoms with van der Waals surface area (Å²) >= 11 is 1.61. The normalized spacial score (nSPS) is 18.1. The van der Waals surface area contributed by atoms with Crippen molar-refractivity contribution in [1.82, 2.24) is 14.9 Å². The van der Waals surface area contributed by atoms with Crippen LogP contribution in [0.15, 0.2) is 36.0 Å². The molecule has 1 aliphatic rings. The Balaban J connectivity index is 1.51.